The zero-order chi connectivity index (χ0) is 18.7. The summed E-state index contributed by atoms with van der Waals surface area (Å²) >= 11 is 0. The fraction of sp³-hybridized carbons (Fsp3) is 0.238. The molecule has 1 unspecified atom stereocenters. The predicted molar refractivity (Wildman–Crippen MR) is 104 cm³/mol. The minimum atomic E-state index is -0.646. The van der Waals surface area contributed by atoms with Gasteiger partial charge in [0.1, 0.15) is 6.04 Å². The third-order valence-electron chi connectivity index (χ3n) is 4.28. The first-order valence-electron chi connectivity index (χ1n) is 8.63. The van der Waals surface area contributed by atoms with Gasteiger partial charge in [-0.2, -0.15) is 0 Å². The molecular weight excluding hydrogens is 326 g/mol. The number of aryl methyl sites for hydroxylation is 2. The van der Waals surface area contributed by atoms with Gasteiger partial charge in [0.15, 0.2) is 0 Å². The monoisotopic (exact) mass is 349 g/mol. The van der Waals surface area contributed by atoms with Gasteiger partial charge >= 0.3 is 0 Å². The summed E-state index contributed by atoms with van der Waals surface area (Å²) in [6, 6.07) is 13.2. The van der Waals surface area contributed by atoms with Crippen LogP contribution in [0.4, 0.5) is 5.69 Å². The minimum absolute atomic E-state index is 0.226. The summed E-state index contributed by atoms with van der Waals surface area (Å²) in [6.07, 6.45) is 2.31. The lowest BCUT2D eigenvalue weighted by Crippen LogP contribution is -2.44. The predicted octanol–water partition coefficient (Wildman–Crippen LogP) is 3.47. The van der Waals surface area contributed by atoms with Crippen LogP contribution in [-0.4, -0.2) is 22.8 Å². The van der Waals surface area contributed by atoms with E-state index in [1.165, 1.54) is 6.92 Å². The van der Waals surface area contributed by atoms with Gasteiger partial charge < -0.3 is 15.6 Å². The van der Waals surface area contributed by atoms with Crippen LogP contribution in [0.15, 0.2) is 48.7 Å². The van der Waals surface area contributed by atoms with Gasteiger partial charge in [-0.05, 0) is 48.7 Å². The Balaban J connectivity index is 1.83. The van der Waals surface area contributed by atoms with E-state index in [0.717, 1.165) is 33.3 Å². The second-order valence-electron chi connectivity index (χ2n) is 6.68. The molecule has 1 atom stereocenters. The van der Waals surface area contributed by atoms with Crippen molar-refractivity contribution in [1.29, 1.82) is 0 Å². The Labute approximate surface area is 152 Å². The Morgan fingerprint density at radius 2 is 1.77 bits per heavy atom. The zero-order valence-electron chi connectivity index (χ0n) is 15.2. The van der Waals surface area contributed by atoms with Gasteiger partial charge in [0.25, 0.3) is 0 Å². The molecule has 0 bridgehead atoms. The van der Waals surface area contributed by atoms with Crippen molar-refractivity contribution < 1.29 is 9.59 Å². The van der Waals surface area contributed by atoms with E-state index in [1.807, 2.05) is 62.5 Å². The lowest BCUT2D eigenvalue weighted by Gasteiger charge is -2.18. The van der Waals surface area contributed by atoms with Crippen molar-refractivity contribution in [2.24, 2.45) is 0 Å². The summed E-state index contributed by atoms with van der Waals surface area (Å²) in [5, 5.41) is 6.75. The molecule has 26 heavy (non-hydrogen) atoms. The molecule has 0 aliphatic heterocycles. The second-order valence-corrected chi connectivity index (χ2v) is 6.68. The SMILES string of the molecule is CC(=O)NC(Cc1c[nH]c2ccccc12)C(=O)Nc1cc(C)cc(C)c1. The maximum Gasteiger partial charge on any atom is 0.247 e. The number of anilines is 1. The van der Waals surface area contributed by atoms with Crippen molar-refractivity contribution in [2.75, 3.05) is 5.32 Å². The fourth-order valence-electron chi connectivity index (χ4n) is 3.25. The first-order valence-corrected chi connectivity index (χ1v) is 8.63. The highest BCUT2D eigenvalue weighted by atomic mass is 16.2. The van der Waals surface area contributed by atoms with Crippen LogP contribution < -0.4 is 10.6 Å². The van der Waals surface area contributed by atoms with Crippen molar-refractivity contribution in [3.05, 3.63) is 65.4 Å². The highest BCUT2D eigenvalue weighted by Gasteiger charge is 2.21. The molecule has 0 aliphatic carbocycles. The number of H-pyrrole nitrogens is 1. The number of hydrogen-bond donors (Lipinski definition) is 3. The molecular formula is C21H23N3O2. The van der Waals surface area contributed by atoms with Crippen LogP contribution in [-0.2, 0) is 16.0 Å². The van der Waals surface area contributed by atoms with Gasteiger partial charge in [-0.15, -0.1) is 0 Å². The lowest BCUT2D eigenvalue weighted by atomic mass is 10.0. The number of hydrogen-bond acceptors (Lipinski definition) is 2. The molecule has 0 saturated carbocycles. The summed E-state index contributed by atoms with van der Waals surface area (Å²) in [4.78, 5) is 27.6. The number of benzene rings is 2. The number of para-hydroxylation sites is 1. The van der Waals surface area contributed by atoms with Crippen molar-refractivity contribution in [2.45, 2.75) is 33.2 Å². The molecule has 3 N–H and O–H groups in total. The molecule has 2 amide bonds. The molecule has 0 spiro atoms. The number of nitrogens with one attached hydrogen (secondary N) is 3. The first-order chi connectivity index (χ1) is 12.4. The third kappa shape index (κ3) is 4.11. The molecule has 0 aliphatic rings. The largest absolute Gasteiger partial charge is 0.361 e. The molecule has 2 aromatic carbocycles. The number of carbonyl (C=O) groups excluding carboxylic acids is 2. The average Bonchev–Trinajstić information content (AvgIpc) is 2.96. The maximum absolute atomic E-state index is 12.8. The number of aromatic amines is 1. The smallest absolute Gasteiger partial charge is 0.247 e. The fourth-order valence-corrected chi connectivity index (χ4v) is 3.25. The van der Waals surface area contributed by atoms with E-state index < -0.39 is 6.04 Å². The van der Waals surface area contributed by atoms with Gasteiger partial charge in [-0.1, -0.05) is 24.3 Å². The maximum atomic E-state index is 12.8. The third-order valence-corrected chi connectivity index (χ3v) is 4.28. The van der Waals surface area contributed by atoms with E-state index in [4.69, 9.17) is 0 Å². The number of carbonyl (C=O) groups is 2. The summed E-state index contributed by atoms with van der Waals surface area (Å²) in [7, 11) is 0. The number of aromatic nitrogens is 1. The highest BCUT2D eigenvalue weighted by molar-refractivity contribution is 5.97. The van der Waals surface area contributed by atoms with Gasteiger partial charge in [-0.25, -0.2) is 0 Å². The Kier molecular flexibility index (Phi) is 5.07. The molecule has 0 radical (unpaired) electrons. The molecule has 134 valence electrons. The van der Waals surface area contributed by atoms with E-state index >= 15 is 0 Å². The zero-order valence-corrected chi connectivity index (χ0v) is 15.2. The molecule has 3 aromatic rings. The van der Waals surface area contributed by atoms with Crippen LogP contribution >= 0.6 is 0 Å². The number of fused-ring (bicyclic) bond motifs is 1. The first kappa shape index (κ1) is 17.7. The topological polar surface area (TPSA) is 74.0 Å². The summed E-state index contributed by atoms with van der Waals surface area (Å²) in [6.45, 7) is 5.39. The number of rotatable bonds is 5. The molecule has 3 rings (SSSR count). The molecule has 0 saturated heterocycles. The second kappa shape index (κ2) is 7.44. The lowest BCUT2D eigenvalue weighted by molar-refractivity contribution is -0.125. The van der Waals surface area contributed by atoms with Gasteiger partial charge in [-0.3, -0.25) is 9.59 Å². The molecule has 5 heteroatoms. The van der Waals surface area contributed by atoms with Crippen molar-refractivity contribution in [3.63, 3.8) is 0 Å². The average molecular weight is 349 g/mol. The van der Waals surface area contributed by atoms with Crippen molar-refractivity contribution in [1.82, 2.24) is 10.3 Å². The molecule has 0 fully saturated rings. The Morgan fingerprint density at radius 1 is 1.08 bits per heavy atom. The highest BCUT2D eigenvalue weighted by Crippen LogP contribution is 2.20. The van der Waals surface area contributed by atoms with E-state index in [0.29, 0.717) is 6.42 Å². The van der Waals surface area contributed by atoms with E-state index in [2.05, 4.69) is 15.6 Å². The van der Waals surface area contributed by atoms with Crippen LogP contribution in [0.1, 0.15) is 23.6 Å². The normalized spacial score (nSPS) is 12.0. The summed E-state index contributed by atoms with van der Waals surface area (Å²) in [5.74, 6) is -0.458. The van der Waals surface area contributed by atoms with Gasteiger partial charge in [0, 0.05) is 36.1 Å². The van der Waals surface area contributed by atoms with Crippen LogP contribution in [0.2, 0.25) is 0 Å². The summed E-state index contributed by atoms with van der Waals surface area (Å²) < 4.78 is 0. The van der Waals surface area contributed by atoms with Crippen LogP contribution in [0, 0.1) is 13.8 Å². The van der Waals surface area contributed by atoms with Crippen molar-refractivity contribution >= 4 is 28.4 Å². The Morgan fingerprint density at radius 3 is 2.46 bits per heavy atom. The molecule has 5 nitrogen and oxygen atoms in total. The van der Waals surface area contributed by atoms with Gasteiger partial charge in [0.05, 0.1) is 0 Å². The van der Waals surface area contributed by atoms with E-state index in [-0.39, 0.29) is 11.8 Å². The van der Waals surface area contributed by atoms with E-state index in [9.17, 15) is 9.59 Å². The molecule has 1 aromatic heterocycles. The Hall–Kier alpha value is -3.08. The quantitative estimate of drug-likeness (QED) is 0.660. The van der Waals surface area contributed by atoms with Gasteiger partial charge in [0.2, 0.25) is 11.8 Å². The van der Waals surface area contributed by atoms with E-state index in [1.54, 1.807) is 0 Å². The summed E-state index contributed by atoms with van der Waals surface area (Å²) in [5.41, 5.74) is 4.90. The molecule has 1 heterocycles. The standard InChI is InChI=1S/C21H23N3O2/c1-13-8-14(2)10-17(9-13)24-21(26)20(23-15(3)25)11-16-12-22-19-7-5-4-6-18(16)19/h4-10,12,20,22H,11H2,1-3H3,(H,23,25)(H,24,26). The Bertz CT molecular complexity index is 939. The number of amides is 2. The van der Waals surface area contributed by atoms with Crippen LogP contribution in [0.25, 0.3) is 10.9 Å². The van der Waals surface area contributed by atoms with Crippen LogP contribution in [0.3, 0.4) is 0 Å². The minimum Gasteiger partial charge on any atom is -0.361 e. The van der Waals surface area contributed by atoms with Crippen molar-refractivity contribution in [3.8, 4) is 0 Å². The van der Waals surface area contributed by atoms with Crippen LogP contribution in [0.5, 0.6) is 0 Å².